The Labute approximate surface area is 106 Å². The molecule has 4 N–H and O–H groups in total. The molecule has 7 heteroatoms. The summed E-state index contributed by atoms with van der Waals surface area (Å²) in [6.07, 6.45) is 1.56. The SMILES string of the molecule is Nc1n[nH]c(-c2ccn[nH]2)c1-c1cc(F)cc(F)c1. The van der Waals surface area contributed by atoms with Gasteiger partial charge in [0, 0.05) is 12.3 Å². The van der Waals surface area contributed by atoms with Crippen LogP contribution in [0.3, 0.4) is 0 Å². The first-order valence-corrected chi connectivity index (χ1v) is 5.45. The summed E-state index contributed by atoms with van der Waals surface area (Å²) in [6, 6.07) is 4.90. The molecular weight excluding hydrogens is 252 g/mol. The summed E-state index contributed by atoms with van der Waals surface area (Å²) < 4.78 is 26.6. The lowest BCUT2D eigenvalue weighted by atomic mass is 10.0. The van der Waals surface area contributed by atoms with Gasteiger partial charge in [-0.05, 0) is 23.8 Å². The Kier molecular flexibility index (Phi) is 2.52. The Morgan fingerprint density at radius 1 is 1.05 bits per heavy atom. The highest BCUT2D eigenvalue weighted by Crippen LogP contribution is 2.34. The van der Waals surface area contributed by atoms with Gasteiger partial charge in [0.05, 0.1) is 17.0 Å². The van der Waals surface area contributed by atoms with Gasteiger partial charge in [-0.2, -0.15) is 10.2 Å². The fourth-order valence-corrected chi connectivity index (χ4v) is 1.94. The lowest BCUT2D eigenvalue weighted by Gasteiger charge is -2.03. The number of nitrogens with one attached hydrogen (secondary N) is 2. The van der Waals surface area contributed by atoms with Gasteiger partial charge in [-0.15, -0.1) is 0 Å². The van der Waals surface area contributed by atoms with Crippen LogP contribution in [0.4, 0.5) is 14.6 Å². The molecule has 0 bridgehead atoms. The second-order valence-electron chi connectivity index (χ2n) is 3.99. The van der Waals surface area contributed by atoms with Crippen molar-refractivity contribution in [3.63, 3.8) is 0 Å². The predicted octanol–water partition coefficient (Wildman–Crippen LogP) is 2.33. The average molecular weight is 261 g/mol. The third kappa shape index (κ3) is 1.95. The highest BCUT2D eigenvalue weighted by Gasteiger charge is 2.17. The molecule has 0 amide bonds. The summed E-state index contributed by atoms with van der Waals surface area (Å²) >= 11 is 0. The number of hydrogen-bond donors (Lipinski definition) is 3. The fourth-order valence-electron chi connectivity index (χ4n) is 1.94. The number of benzene rings is 1. The largest absolute Gasteiger partial charge is 0.382 e. The van der Waals surface area contributed by atoms with Gasteiger partial charge in [-0.1, -0.05) is 0 Å². The van der Waals surface area contributed by atoms with E-state index in [9.17, 15) is 8.78 Å². The van der Waals surface area contributed by atoms with Crippen LogP contribution in [-0.2, 0) is 0 Å². The predicted molar refractivity (Wildman–Crippen MR) is 65.9 cm³/mol. The maximum absolute atomic E-state index is 13.3. The number of halogens is 2. The van der Waals surface area contributed by atoms with Crippen LogP contribution < -0.4 is 5.73 Å². The molecule has 1 aromatic carbocycles. The molecular formula is C12H9F2N5. The number of rotatable bonds is 2. The number of nitrogens with zero attached hydrogens (tertiary/aromatic N) is 2. The number of anilines is 1. The first-order valence-electron chi connectivity index (χ1n) is 5.45. The number of hydrogen-bond acceptors (Lipinski definition) is 3. The van der Waals surface area contributed by atoms with Crippen molar-refractivity contribution >= 4 is 5.82 Å². The van der Waals surface area contributed by atoms with Crippen LogP contribution in [0.1, 0.15) is 0 Å². The molecule has 0 spiro atoms. The third-order valence-corrected chi connectivity index (χ3v) is 2.72. The van der Waals surface area contributed by atoms with Gasteiger partial charge < -0.3 is 5.73 Å². The molecule has 0 aliphatic carbocycles. The van der Waals surface area contributed by atoms with E-state index >= 15 is 0 Å². The van der Waals surface area contributed by atoms with Gasteiger partial charge in [-0.25, -0.2) is 8.78 Å². The molecule has 0 aliphatic rings. The van der Waals surface area contributed by atoms with Crippen LogP contribution in [0.2, 0.25) is 0 Å². The van der Waals surface area contributed by atoms with Crippen molar-refractivity contribution < 1.29 is 8.78 Å². The van der Waals surface area contributed by atoms with Crippen LogP contribution in [-0.4, -0.2) is 20.4 Å². The average Bonchev–Trinajstić information content (AvgIpc) is 2.95. The zero-order chi connectivity index (χ0) is 13.4. The van der Waals surface area contributed by atoms with Gasteiger partial charge in [0.2, 0.25) is 0 Å². The first-order chi connectivity index (χ1) is 9.15. The van der Waals surface area contributed by atoms with E-state index in [2.05, 4.69) is 20.4 Å². The van der Waals surface area contributed by atoms with Gasteiger partial charge in [0.1, 0.15) is 11.6 Å². The Morgan fingerprint density at radius 2 is 1.79 bits per heavy atom. The summed E-state index contributed by atoms with van der Waals surface area (Å²) in [6.45, 7) is 0. The smallest absolute Gasteiger partial charge is 0.153 e. The Bertz CT molecular complexity index is 698. The molecule has 19 heavy (non-hydrogen) atoms. The molecule has 0 saturated carbocycles. The number of aromatic nitrogens is 4. The molecule has 96 valence electrons. The summed E-state index contributed by atoms with van der Waals surface area (Å²) in [5.74, 6) is -1.19. The minimum atomic E-state index is -0.675. The van der Waals surface area contributed by atoms with Crippen molar-refractivity contribution in [2.75, 3.05) is 5.73 Å². The molecule has 0 unspecified atom stereocenters. The molecule has 2 heterocycles. The molecule has 0 aliphatic heterocycles. The third-order valence-electron chi connectivity index (χ3n) is 2.72. The maximum Gasteiger partial charge on any atom is 0.153 e. The topological polar surface area (TPSA) is 83.4 Å². The zero-order valence-electron chi connectivity index (χ0n) is 9.61. The van der Waals surface area contributed by atoms with Crippen molar-refractivity contribution in [3.8, 4) is 22.5 Å². The summed E-state index contributed by atoms with van der Waals surface area (Å²) in [4.78, 5) is 0. The van der Waals surface area contributed by atoms with Crippen LogP contribution in [0.25, 0.3) is 22.5 Å². The highest BCUT2D eigenvalue weighted by molar-refractivity contribution is 5.86. The second kappa shape index (κ2) is 4.20. The van der Waals surface area contributed by atoms with Crippen LogP contribution in [0, 0.1) is 11.6 Å². The van der Waals surface area contributed by atoms with E-state index in [1.54, 1.807) is 12.3 Å². The Balaban J connectivity index is 2.22. The van der Waals surface area contributed by atoms with E-state index in [4.69, 9.17) is 5.73 Å². The highest BCUT2D eigenvalue weighted by atomic mass is 19.1. The molecule has 2 aromatic heterocycles. The zero-order valence-corrected chi connectivity index (χ0v) is 9.61. The van der Waals surface area contributed by atoms with E-state index in [0.29, 0.717) is 22.5 Å². The van der Waals surface area contributed by atoms with E-state index in [-0.39, 0.29) is 5.82 Å². The van der Waals surface area contributed by atoms with E-state index < -0.39 is 11.6 Å². The molecule has 0 fully saturated rings. The minimum absolute atomic E-state index is 0.162. The van der Waals surface area contributed by atoms with Crippen LogP contribution >= 0.6 is 0 Å². The lowest BCUT2D eigenvalue weighted by Crippen LogP contribution is -1.91. The monoisotopic (exact) mass is 261 g/mol. The normalized spacial score (nSPS) is 10.8. The van der Waals surface area contributed by atoms with Gasteiger partial charge >= 0.3 is 0 Å². The Morgan fingerprint density at radius 3 is 2.42 bits per heavy atom. The first kappa shape index (κ1) is 11.4. The quantitative estimate of drug-likeness (QED) is 0.662. The molecule has 0 atom stereocenters. The molecule has 0 saturated heterocycles. The number of aromatic amines is 2. The van der Waals surface area contributed by atoms with Crippen molar-refractivity contribution in [3.05, 3.63) is 42.1 Å². The van der Waals surface area contributed by atoms with Crippen molar-refractivity contribution in [2.45, 2.75) is 0 Å². The standard InChI is InChI=1S/C12H9F2N5/c13-7-3-6(4-8(14)5-7)10-11(18-19-12(10)15)9-1-2-16-17-9/h1-5H,(H,16,17)(H3,15,18,19). The molecule has 3 rings (SSSR count). The Hall–Kier alpha value is -2.70. The second-order valence-corrected chi connectivity index (χ2v) is 3.99. The number of nitrogens with two attached hydrogens (primary N) is 1. The van der Waals surface area contributed by atoms with Gasteiger partial charge in [0.25, 0.3) is 0 Å². The van der Waals surface area contributed by atoms with E-state index in [0.717, 1.165) is 6.07 Å². The van der Waals surface area contributed by atoms with Crippen molar-refractivity contribution in [2.24, 2.45) is 0 Å². The molecule has 3 aromatic rings. The van der Waals surface area contributed by atoms with Crippen LogP contribution in [0.15, 0.2) is 30.5 Å². The number of H-pyrrole nitrogens is 2. The van der Waals surface area contributed by atoms with Crippen molar-refractivity contribution in [1.29, 1.82) is 0 Å². The minimum Gasteiger partial charge on any atom is -0.382 e. The number of nitrogen functional groups attached to an aromatic ring is 1. The lowest BCUT2D eigenvalue weighted by molar-refractivity contribution is 0.584. The molecule has 5 nitrogen and oxygen atoms in total. The summed E-state index contributed by atoms with van der Waals surface area (Å²) in [5, 5.41) is 13.1. The van der Waals surface area contributed by atoms with Gasteiger partial charge in [0.15, 0.2) is 5.82 Å². The van der Waals surface area contributed by atoms with Crippen molar-refractivity contribution in [1.82, 2.24) is 20.4 Å². The summed E-state index contributed by atoms with van der Waals surface area (Å²) in [7, 11) is 0. The molecule has 0 radical (unpaired) electrons. The van der Waals surface area contributed by atoms with E-state index in [1.165, 1.54) is 12.1 Å². The maximum atomic E-state index is 13.3. The van der Waals surface area contributed by atoms with Gasteiger partial charge in [-0.3, -0.25) is 10.2 Å². The van der Waals surface area contributed by atoms with Crippen LogP contribution in [0.5, 0.6) is 0 Å². The summed E-state index contributed by atoms with van der Waals surface area (Å²) in [5.41, 5.74) is 7.66. The fraction of sp³-hybridized carbons (Fsp3) is 0. The van der Waals surface area contributed by atoms with E-state index in [1.807, 2.05) is 0 Å².